The van der Waals surface area contributed by atoms with E-state index in [4.69, 9.17) is 10.6 Å². The van der Waals surface area contributed by atoms with Crippen LogP contribution in [0.1, 0.15) is 20.3 Å². The molecule has 2 heterocycles. The number of fused-ring (bicyclic) bond motifs is 1. The van der Waals surface area contributed by atoms with Gasteiger partial charge in [-0.15, -0.1) is 11.3 Å². The van der Waals surface area contributed by atoms with Crippen molar-refractivity contribution in [2.24, 2.45) is 11.3 Å². The number of nitrogens with zero attached hydrogens (tertiary/aromatic N) is 2. The number of hydrogen-bond donors (Lipinski definition) is 3. The van der Waals surface area contributed by atoms with Crippen LogP contribution in [-0.4, -0.2) is 30.2 Å². The van der Waals surface area contributed by atoms with Crippen molar-refractivity contribution in [2.75, 3.05) is 31.0 Å². The molecule has 0 bridgehead atoms. The number of anilines is 2. The van der Waals surface area contributed by atoms with E-state index in [1.54, 1.807) is 18.4 Å². The highest BCUT2D eigenvalue weighted by Crippen LogP contribution is 2.28. The van der Waals surface area contributed by atoms with Crippen molar-refractivity contribution in [1.29, 1.82) is 0 Å². The van der Waals surface area contributed by atoms with Crippen LogP contribution in [0.2, 0.25) is 0 Å². The number of aromatic nitrogens is 2. The zero-order valence-electron chi connectivity index (χ0n) is 12.1. The fraction of sp³-hybridized carbons (Fsp3) is 0.538. The minimum absolute atomic E-state index is 0.125. The van der Waals surface area contributed by atoms with Crippen molar-refractivity contribution >= 4 is 33.3 Å². The number of hydrogen-bond acceptors (Lipinski definition) is 7. The van der Waals surface area contributed by atoms with E-state index in [1.807, 2.05) is 11.4 Å². The predicted molar refractivity (Wildman–Crippen MR) is 84.0 cm³/mol. The third-order valence-corrected chi connectivity index (χ3v) is 3.98. The first-order chi connectivity index (χ1) is 9.55. The van der Waals surface area contributed by atoms with Gasteiger partial charge in [-0.1, -0.05) is 13.8 Å². The summed E-state index contributed by atoms with van der Waals surface area (Å²) in [7, 11) is 1.72. The van der Waals surface area contributed by atoms with Crippen LogP contribution in [0.15, 0.2) is 11.4 Å². The maximum Gasteiger partial charge on any atom is 0.240 e. The molecule has 4 N–H and O–H groups in total. The lowest BCUT2D eigenvalue weighted by atomic mass is 9.90. The van der Waals surface area contributed by atoms with E-state index in [9.17, 15) is 0 Å². The number of rotatable bonds is 7. The molecule has 0 aromatic carbocycles. The molecule has 0 amide bonds. The summed E-state index contributed by atoms with van der Waals surface area (Å²) in [5, 5.41) is 6.43. The first-order valence-corrected chi connectivity index (χ1v) is 7.38. The van der Waals surface area contributed by atoms with Gasteiger partial charge in [0.1, 0.15) is 10.6 Å². The molecule has 0 saturated heterocycles. The molecule has 0 spiro atoms. The Morgan fingerprint density at radius 3 is 2.90 bits per heavy atom. The van der Waals surface area contributed by atoms with Crippen LogP contribution < -0.4 is 16.6 Å². The number of thiophene rings is 1. The smallest absolute Gasteiger partial charge is 0.240 e. The van der Waals surface area contributed by atoms with E-state index in [1.165, 1.54) is 0 Å². The zero-order chi connectivity index (χ0) is 14.6. The molecule has 0 atom stereocenters. The molecule has 7 heteroatoms. The van der Waals surface area contributed by atoms with E-state index in [-0.39, 0.29) is 5.41 Å². The number of nitrogen functional groups attached to an aromatic ring is 1. The number of ether oxygens (including phenoxy) is 1. The molecule has 0 saturated carbocycles. The highest BCUT2D eigenvalue weighted by atomic mass is 32.1. The van der Waals surface area contributed by atoms with Crippen LogP contribution in [0.3, 0.4) is 0 Å². The lowest BCUT2D eigenvalue weighted by molar-refractivity contribution is 0.157. The first kappa shape index (κ1) is 15.0. The average Bonchev–Trinajstić information content (AvgIpc) is 2.90. The van der Waals surface area contributed by atoms with Gasteiger partial charge in [0.15, 0.2) is 0 Å². The van der Waals surface area contributed by atoms with Crippen molar-refractivity contribution in [3.63, 3.8) is 0 Å². The maximum atomic E-state index is 5.41. The summed E-state index contributed by atoms with van der Waals surface area (Å²) in [5.74, 6) is 6.65. The van der Waals surface area contributed by atoms with Crippen molar-refractivity contribution in [1.82, 2.24) is 9.97 Å². The Bertz CT molecular complexity index is 569. The molecule has 0 aliphatic carbocycles. The van der Waals surface area contributed by atoms with E-state index >= 15 is 0 Å². The minimum atomic E-state index is 0.125. The third-order valence-electron chi connectivity index (χ3n) is 3.17. The molecule has 20 heavy (non-hydrogen) atoms. The van der Waals surface area contributed by atoms with E-state index in [2.05, 4.69) is 34.6 Å². The van der Waals surface area contributed by atoms with Crippen LogP contribution in [0.4, 0.5) is 11.8 Å². The third kappa shape index (κ3) is 3.56. The highest BCUT2D eigenvalue weighted by Gasteiger charge is 2.18. The van der Waals surface area contributed by atoms with Gasteiger partial charge >= 0.3 is 0 Å². The molecule has 0 radical (unpaired) electrons. The van der Waals surface area contributed by atoms with Crippen LogP contribution in [0.5, 0.6) is 0 Å². The molecule has 0 aliphatic heterocycles. The minimum Gasteiger partial charge on any atom is -0.385 e. The quantitative estimate of drug-likeness (QED) is 0.537. The Labute approximate surface area is 122 Å². The lowest BCUT2D eigenvalue weighted by Gasteiger charge is -2.25. The Morgan fingerprint density at radius 1 is 1.40 bits per heavy atom. The molecular weight excluding hydrogens is 274 g/mol. The van der Waals surface area contributed by atoms with Gasteiger partial charge in [0, 0.05) is 20.3 Å². The molecular formula is C13H21N5OS. The Morgan fingerprint density at radius 2 is 2.20 bits per heavy atom. The van der Waals surface area contributed by atoms with Crippen molar-refractivity contribution in [3.8, 4) is 0 Å². The second-order valence-corrected chi connectivity index (χ2v) is 6.33. The lowest BCUT2D eigenvalue weighted by Crippen LogP contribution is -2.25. The highest BCUT2D eigenvalue weighted by molar-refractivity contribution is 7.16. The SMILES string of the molecule is COCCC(C)(C)CNc1nc(NN)nc2sccc12. The zero-order valence-corrected chi connectivity index (χ0v) is 12.9. The number of nitrogens with one attached hydrogen (secondary N) is 2. The van der Waals surface area contributed by atoms with Crippen LogP contribution >= 0.6 is 11.3 Å². The van der Waals surface area contributed by atoms with Crippen LogP contribution in [0.25, 0.3) is 10.2 Å². The van der Waals surface area contributed by atoms with Crippen molar-refractivity contribution < 1.29 is 4.74 Å². The normalized spacial score (nSPS) is 11.8. The molecule has 6 nitrogen and oxygen atoms in total. The topological polar surface area (TPSA) is 85.1 Å². The van der Waals surface area contributed by atoms with Crippen molar-refractivity contribution in [2.45, 2.75) is 20.3 Å². The second kappa shape index (κ2) is 6.34. The average molecular weight is 295 g/mol. The second-order valence-electron chi connectivity index (χ2n) is 5.44. The molecule has 2 rings (SSSR count). The monoisotopic (exact) mass is 295 g/mol. The Balaban J connectivity index is 2.14. The van der Waals surface area contributed by atoms with Crippen LogP contribution in [0, 0.1) is 5.41 Å². The molecule has 0 unspecified atom stereocenters. The fourth-order valence-electron chi connectivity index (χ4n) is 1.84. The molecule has 2 aromatic heterocycles. The summed E-state index contributed by atoms with van der Waals surface area (Å²) in [6, 6.07) is 2.02. The molecule has 0 fully saturated rings. The van der Waals surface area contributed by atoms with Gasteiger partial charge in [0.2, 0.25) is 5.95 Å². The molecule has 0 aliphatic rings. The number of hydrazine groups is 1. The molecule has 2 aromatic rings. The van der Waals surface area contributed by atoms with Crippen LogP contribution in [-0.2, 0) is 4.74 Å². The Hall–Kier alpha value is -1.44. The van der Waals surface area contributed by atoms with Gasteiger partial charge in [-0.05, 0) is 23.3 Å². The summed E-state index contributed by atoms with van der Waals surface area (Å²) in [4.78, 5) is 9.63. The predicted octanol–water partition coefficient (Wildman–Crippen LogP) is 2.45. The van der Waals surface area contributed by atoms with E-state index in [0.717, 1.165) is 35.6 Å². The van der Waals surface area contributed by atoms with Gasteiger partial charge in [-0.25, -0.2) is 10.8 Å². The summed E-state index contributed by atoms with van der Waals surface area (Å²) >= 11 is 1.57. The Kier molecular flexibility index (Phi) is 4.74. The van der Waals surface area contributed by atoms with Gasteiger partial charge in [0.25, 0.3) is 0 Å². The largest absolute Gasteiger partial charge is 0.385 e. The van der Waals surface area contributed by atoms with E-state index < -0.39 is 0 Å². The first-order valence-electron chi connectivity index (χ1n) is 6.50. The maximum absolute atomic E-state index is 5.41. The summed E-state index contributed by atoms with van der Waals surface area (Å²) in [6.07, 6.45) is 0.982. The van der Waals surface area contributed by atoms with Gasteiger partial charge in [-0.3, -0.25) is 5.43 Å². The fourth-order valence-corrected chi connectivity index (χ4v) is 2.61. The van der Waals surface area contributed by atoms with E-state index in [0.29, 0.717) is 5.95 Å². The summed E-state index contributed by atoms with van der Waals surface area (Å²) < 4.78 is 5.15. The number of nitrogens with two attached hydrogens (primary N) is 1. The van der Waals surface area contributed by atoms with Gasteiger partial charge < -0.3 is 10.1 Å². The standard InChI is InChI=1S/C13H21N5OS/c1-13(2,5-6-19-3)8-15-10-9-4-7-20-11(9)17-12(16-10)18-14/h4,7H,5-6,8,14H2,1-3H3,(H2,15,16,17,18). The van der Waals surface area contributed by atoms with Gasteiger partial charge in [0.05, 0.1) is 5.39 Å². The summed E-state index contributed by atoms with van der Waals surface area (Å²) in [5.41, 5.74) is 2.63. The van der Waals surface area contributed by atoms with Gasteiger partial charge in [-0.2, -0.15) is 4.98 Å². The number of methoxy groups -OCH3 is 1. The van der Waals surface area contributed by atoms with Crippen molar-refractivity contribution in [3.05, 3.63) is 11.4 Å². The summed E-state index contributed by atoms with van der Waals surface area (Å²) in [6.45, 7) is 5.96. The molecule has 110 valence electrons.